The summed E-state index contributed by atoms with van der Waals surface area (Å²) in [6.45, 7) is 4.69. The zero-order valence-corrected chi connectivity index (χ0v) is 32.3. The highest BCUT2D eigenvalue weighted by Gasteiger charge is 2.37. The molecule has 11 rings (SSSR count). The Balaban J connectivity index is 1.20. The first kappa shape index (κ1) is 33.9. The van der Waals surface area contributed by atoms with Gasteiger partial charge >= 0.3 is 0 Å². The average molecular weight is 743 g/mol. The second-order valence-corrected chi connectivity index (χ2v) is 15.6. The second-order valence-electron chi connectivity index (χ2n) is 15.6. The highest BCUT2D eigenvalue weighted by atomic mass is 15.0. The zero-order chi connectivity index (χ0) is 38.8. The molecule has 10 aromatic rings. The third-order valence-corrected chi connectivity index (χ3v) is 11.9. The van der Waals surface area contributed by atoms with Crippen LogP contribution in [0.15, 0.2) is 194 Å². The third-order valence-electron chi connectivity index (χ3n) is 11.9. The van der Waals surface area contributed by atoms with Crippen LogP contribution >= 0.6 is 0 Å². The summed E-state index contributed by atoms with van der Waals surface area (Å²) in [5.74, 6) is 1.89. The number of nitrogens with zero attached hydrogens (tertiary/aromatic N) is 4. The minimum Gasteiger partial charge on any atom is -0.309 e. The summed E-state index contributed by atoms with van der Waals surface area (Å²) in [4.78, 5) is 15.6. The number of benzene rings is 8. The predicted molar refractivity (Wildman–Crippen MR) is 239 cm³/mol. The number of rotatable bonds is 6. The van der Waals surface area contributed by atoms with E-state index in [1.165, 1.54) is 38.6 Å². The summed E-state index contributed by atoms with van der Waals surface area (Å²) in [5.41, 5.74) is 15.9. The summed E-state index contributed by atoms with van der Waals surface area (Å²) >= 11 is 0. The van der Waals surface area contributed by atoms with Gasteiger partial charge in [-0.15, -0.1) is 0 Å². The van der Waals surface area contributed by atoms with Gasteiger partial charge in [0.1, 0.15) is 0 Å². The lowest BCUT2D eigenvalue weighted by Crippen LogP contribution is -2.15. The van der Waals surface area contributed by atoms with Crippen LogP contribution < -0.4 is 0 Å². The van der Waals surface area contributed by atoms with Gasteiger partial charge in [0.25, 0.3) is 0 Å². The Labute approximate surface area is 337 Å². The van der Waals surface area contributed by atoms with Crippen molar-refractivity contribution < 1.29 is 0 Å². The molecule has 2 heterocycles. The molecule has 0 saturated carbocycles. The molecule has 0 spiro atoms. The molecule has 0 aliphatic heterocycles. The molecule has 0 amide bonds. The number of hydrogen-bond donors (Lipinski definition) is 0. The molecule has 0 fully saturated rings. The number of para-hydroxylation sites is 1. The SMILES string of the molecule is CC1(C)c2ccccc2-c2c(-n3c4ccccc4c4c(-c5ccccc5)cc(-c5nc(-c6ccccc6)nc(-c6ccc(-c7ccccc7)cc6)n5)cc43)cccc21. The van der Waals surface area contributed by atoms with Crippen LogP contribution in [-0.4, -0.2) is 19.5 Å². The fraction of sp³-hybridized carbons (Fsp3) is 0.0556. The average Bonchev–Trinajstić information content (AvgIpc) is 3.75. The minimum atomic E-state index is -0.129. The van der Waals surface area contributed by atoms with Gasteiger partial charge in [0.15, 0.2) is 17.5 Å². The van der Waals surface area contributed by atoms with Gasteiger partial charge in [-0.05, 0) is 63.2 Å². The summed E-state index contributed by atoms with van der Waals surface area (Å²) < 4.78 is 2.47. The Morgan fingerprint density at radius 2 is 0.897 bits per heavy atom. The van der Waals surface area contributed by atoms with Crippen molar-refractivity contribution in [2.45, 2.75) is 19.3 Å². The molecule has 274 valence electrons. The summed E-state index contributed by atoms with van der Waals surface area (Å²) in [7, 11) is 0. The van der Waals surface area contributed by atoms with Crippen LogP contribution in [0.3, 0.4) is 0 Å². The van der Waals surface area contributed by atoms with Crippen molar-refractivity contribution in [3.8, 4) is 73.2 Å². The molecular weight excluding hydrogens is 705 g/mol. The van der Waals surface area contributed by atoms with E-state index >= 15 is 0 Å². The molecular formula is C54H38N4. The molecule has 1 aliphatic carbocycles. The standard InChI is InChI=1S/C54H38N4/c1-54(2)44-25-14-12-23-41(44)50-45(54)26-16-28-47(50)58-46-27-15-13-24-42(46)49-43(37-19-8-4-9-20-37)33-40(34-48(49)58)53-56-51(38-21-10-5-11-22-38)55-52(57-53)39-31-29-36(30-32-39)35-17-6-3-7-18-35/h3-34H,1-2H3. The van der Waals surface area contributed by atoms with Crippen molar-refractivity contribution in [2.75, 3.05) is 0 Å². The Morgan fingerprint density at radius 3 is 1.60 bits per heavy atom. The number of fused-ring (bicyclic) bond motifs is 6. The molecule has 0 saturated heterocycles. The molecule has 1 aliphatic rings. The van der Waals surface area contributed by atoms with E-state index in [0.29, 0.717) is 17.5 Å². The largest absolute Gasteiger partial charge is 0.309 e. The maximum absolute atomic E-state index is 5.27. The van der Waals surface area contributed by atoms with Gasteiger partial charge in [0, 0.05) is 38.4 Å². The molecule has 0 N–H and O–H groups in total. The molecule has 4 heteroatoms. The summed E-state index contributed by atoms with van der Waals surface area (Å²) in [6, 6.07) is 68.9. The van der Waals surface area contributed by atoms with Crippen molar-refractivity contribution in [3.05, 3.63) is 205 Å². The van der Waals surface area contributed by atoms with Crippen molar-refractivity contribution in [3.63, 3.8) is 0 Å². The Bertz CT molecular complexity index is 3160. The van der Waals surface area contributed by atoms with Gasteiger partial charge < -0.3 is 4.57 Å². The van der Waals surface area contributed by atoms with Crippen LogP contribution in [0.25, 0.3) is 95.0 Å². The lowest BCUT2D eigenvalue weighted by Gasteiger charge is -2.22. The monoisotopic (exact) mass is 742 g/mol. The van der Waals surface area contributed by atoms with E-state index in [0.717, 1.165) is 50.1 Å². The second kappa shape index (κ2) is 13.4. The predicted octanol–water partition coefficient (Wildman–Crippen LogP) is 13.6. The smallest absolute Gasteiger partial charge is 0.164 e. The van der Waals surface area contributed by atoms with Gasteiger partial charge in [-0.1, -0.05) is 184 Å². The maximum atomic E-state index is 5.27. The first-order valence-corrected chi connectivity index (χ1v) is 19.9. The molecule has 58 heavy (non-hydrogen) atoms. The number of hydrogen-bond acceptors (Lipinski definition) is 3. The van der Waals surface area contributed by atoms with Crippen LogP contribution in [0, 0.1) is 0 Å². The fourth-order valence-electron chi connectivity index (χ4n) is 9.04. The molecule has 0 radical (unpaired) electrons. The quantitative estimate of drug-likeness (QED) is 0.170. The van der Waals surface area contributed by atoms with E-state index in [9.17, 15) is 0 Å². The van der Waals surface area contributed by atoms with E-state index in [1.54, 1.807) is 0 Å². The summed E-state index contributed by atoms with van der Waals surface area (Å²) in [5, 5.41) is 2.40. The number of aromatic nitrogens is 4. The van der Waals surface area contributed by atoms with Crippen molar-refractivity contribution >= 4 is 21.8 Å². The fourth-order valence-corrected chi connectivity index (χ4v) is 9.04. The lowest BCUT2D eigenvalue weighted by molar-refractivity contribution is 0.660. The molecule has 4 nitrogen and oxygen atoms in total. The Morgan fingerprint density at radius 1 is 0.379 bits per heavy atom. The van der Waals surface area contributed by atoms with E-state index < -0.39 is 0 Å². The normalized spacial score (nSPS) is 12.8. The van der Waals surface area contributed by atoms with Crippen molar-refractivity contribution in [2.24, 2.45) is 0 Å². The van der Waals surface area contributed by atoms with Crippen LogP contribution in [0.2, 0.25) is 0 Å². The van der Waals surface area contributed by atoms with Gasteiger partial charge in [-0.3, -0.25) is 0 Å². The van der Waals surface area contributed by atoms with Crippen LogP contribution in [0.1, 0.15) is 25.0 Å². The summed E-state index contributed by atoms with van der Waals surface area (Å²) in [6.07, 6.45) is 0. The van der Waals surface area contributed by atoms with Crippen LogP contribution in [0.4, 0.5) is 0 Å². The van der Waals surface area contributed by atoms with Gasteiger partial charge in [-0.25, -0.2) is 15.0 Å². The maximum Gasteiger partial charge on any atom is 0.164 e. The lowest BCUT2D eigenvalue weighted by atomic mass is 9.82. The van der Waals surface area contributed by atoms with E-state index in [2.05, 4.69) is 188 Å². The Kier molecular flexibility index (Phi) is 7.80. The Hall–Kier alpha value is -7.43. The minimum absolute atomic E-state index is 0.129. The third kappa shape index (κ3) is 5.41. The van der Waals surface area contributed by atoms with Crippen LogP contribution in [-0.2, 0) is 5.41 Å². The van der Waals surface area contributed by atoms with Gasteiger partial charge in [0.2, 0.25) is 0 Å². The molecule has 2 aromatic heterocycles. The van der Waals surface area contributed by atoms with Crippen molar-refractivity contribution in [1.82, 2.24) is 19.5 Å². The van der Waals surface area contributed by atoms with Crippen LogP contribution in [0.5, 0.6) is 0 Å². The first-order valence-electron chi connectivity index (χ1n) is 19.9. The van der Waals surface area contributed by atoms with Gasteiger partial charge in [-0.2, -0.15) is 0 Å². The van der Waals surface area contributed by atoms with E-state index in [4.69, 9.17) is 15.0 Å². The molecule has 8 aromatic carbocycles. The van der Waals surface area contributed by atoms with Crippen molar-refractivity contribution in [1.29, 1.82) is 0 Å². The van der Waals surface area contributed by atoms with Gasteiger partial charge in [0.05, 0.1) is 16.7 Å². The molecule has 0 unspecified atom stereocenters. The first-order chi connectivity index (χ1) is 28.5. The molecule has 0 atom stereocenters. The van der Waals surface area contributed by atoms with E-state index in [1.807, 2.05) is 24.3 Å². The molecule has 0 bridgehead atoms. The topological polar surface area (TPSA) is 43.6 Å². The zero-order valence-electron chi connectivity index (χ0n) is 32.3. The highest BCUT2D eigenvalue weighted by molar-refractivity contribution is 6.17. The highest BCUT2D eigenvalue weighted by Crippen LogP contribution is 2.52. The van der Waals surface area contributed by atoms with E-state index in [-0.39, 0.29) is 5.41 Å².